The summed E-state index contributed by atoms with van der Waals surface area (Å²) >= 11 is 0. The quantitative estimate of drug-likeness (QED) is 0.672. The first kappa shape index (κ1) is 12.4. The molecule has 0 bridgehead atoms. The second-order valence-electron chi connectivity index (χ2n) is 4.39. The Bertz CT molecular complexity index is 440. The molecule has 9 nitrogen and oxygen atoms in total. The number of likely N-dealkylation sites (tertiary alicyclic amines) is 1. The van der Waals surface area contributed by atoms with Crippen LogP contribution in [0.4, 0.5) is 0 Å². The average molecular weight is 255 g/mol. The summed E-state index contributed by atoms with van der Waals surface area (Å²) in [5.74, 6) is -1.15. The lowest BCUT2D eigenvalue weighted by atomic mass is 9.96. The van der Waals surface area contributed by atoms with Gasteiger partial charge in [-0.25, -0.2) is 9.48 Å². The molecule has 1 aromatic rings. The predicted octanol–water partition coefficient (Wildman–Crippen LogP) is -1.62. The summed E-state index contributed by atoms with van der Waals surface area (Å²) < 4.78 is 6.53. The number of rotatable bonds is 5. The van der Waals surface area contributed by atoms with E-state index in [1.54, 1.807) is 11.8 Å². The Balaban J connectivity index is 1.77. The fourth-order valence-electron chi connectivity index (χ4n) is 1.76. The third-order valence-corrected chi connectivity index (χ3v) is 2.64. The van der Waals surface area contributed by atoms with Gasteiger partial charge in [-0.05, 0) is 17.4 Å². The van der Waals surface area contributed by atoms with Crippen LogP contribution in [0.25, 0.3) is 0 Å². The van der Waals surface area contributed by atoms with E-state index in [0.717, 1.165) is 0 Å². The fraction of sp³-hybridized carbons (Fsp3) is 0.667. The third-order valence-electron chi connectivity index (χ3n) is 2.64. The van der Waals surface area contributed by atoms with Crippen LogP contribution in [-0.4, -0.2) is 67.4 Å². The van der Waals surface area contributed by atoms with Crippen molar-refractivity contribution in [3.8, 4) is 0 Å². The zero-order chi connectivity index (χ0) is 13.2. The molecule has 1 N–H and O–H groups in total. The van der Waals surface area contributed by atoms with Crippen molar-refractivity contribution in [1.29, 1.82) is 0 Å². The lowest BCUT2D eigenvalue weighted by molar-refractivity contribution is -0.173. The maximum absolute atomic E-state index is 11.8. The van der Waals surface area contributed by atoms with Gasteiger partial charge in [0.15, 0.2) is 0 Å². The lowest BCUT2D eigenvalue weighted by Crippen LogP contribution is -2.63. The van der Waals surface area contributed by atoms with Crippen molar-refractivity contribution in [3.63, 3.8) is 0 Å². The number of hydrogen-bond donors (Lipinski definition) is 1. The number of tetrazole rings is 1. The van der Waals surface area contributed by atoms with E-state index in [9.17, 15) is 9.59 Å². The highest BCUT2D eigenvalue weighted by atomic mass is 16.5. The first-order valence-corrected chi connectivity index (χ1v) is 5.33. The maximum Gasteiger partial charge on any atom is 0.329 e. The van der Waals surface area contributed by atoms with Gasteiger partial charge >= 0.3 is 5.97 Å². The first-order valence-electron chi connectivity index (χ1n) is 5.33. The van der Waals surface area contributed by atoms with E-state index in [4.69, 9.17) is 9.84 Å². The molecule has 98 valence electrons. The molecule has 1 aliphatic heterocycles. The number of carboxylic acid groups (broad SMARTS) is 1. The molecule has 2 heterocycles. The van der Waals surface area contributed by atoms with Gasteiger partial charge in [0, 0.05) is 0 Å². The van der Waals surface area contributed by atoms with Gasteiger partial charge in [0.25, 0.3) is 0 Å². The number of nitrogens with zero attached hydrogens (tertiary/aromatic N) is 5. The topological polar surface area (TPSA) is 110 Å². The molecule has 1 amide bonds. The van der Waals surface area contributed by atoms with Gasteiger partial charge in [-0.15, -0.1) is 5.10 Å². The highest BCUT2D eigenvalue weighted by Crippen LogP contribution is 2.24. The Labute approximate surface area is 102 Å². The smallest absolute Gasteiger partial charge is 0.329 e. The number of carbonyl (C=O) groups is 2. The third kappa shape index (κ3) is 2.80. The van der Waals surface area contributed by atoms with Gasteiger partial charge < -0.3 is 14.7 Å². The van der Waals surface area contributed by atoms with Gasteiger partial charge in [0.2, 0.25) is 5.91 Å². The lowest BCUT2D eigenvalue weighted by Gasteiger charge is -2.47. The Morgan fingerprint density at radius 1 is 1.50 bits per heavy atom. The van der Waals surface area contributed by atoms with E-state index in [0.29, 0.717) is 13.1 Å². The van der Waals surface area contributed by atoms with Crippen LogP contribution in [0.3, 0.4) is 0 Å². The second-order valence-corrected chi connectivity index (χ2v) is 4.39. The SMILES string of the molecule is CC1(OCC(=O)O)CN(C(=O)Cn2cnnn2)C1. The largest absolute Gasteiger partial charge is 0.480 e. The van der Waals surface area contributed by atoms with E-state index < -0.39 is 11.6 Å². The summed E-state index contributed by atoms with van der Waals surface area (Å²) in [6.07, 6.45) is 1.36. The van der Waals surface area contributed by atoms with Crippen LogP contribution in [0, 0.1) is 0 Å². The molecule has 1 fully saturated rings. The highest BCUT2D eigenvalue weighted by molar-refractivity contribution is 5.77. The molecule has 1 aliphatic rings. The monoisotopic (exact) mass is 255 g/mol. The molecule has 9 heteroatoms. The predicted molar refractivity (Wildman–Crippen MR) is 56.4 cm³/mol. The molecule has 0 radical (unpaired) electrons. The van der Waals surface area contributed by atoms with Crippen LogP contribution in [0.5, 0.6) is 0 Å². The molecule has 0 spiro atoms. The number of amides is 1. The van der Waals surface area contributed by atoms with E-state index >= 15 is 0 Å². The number of aliphatic carboxylic acids is 1. The molecule has 2 rings (SSSR count). The van der Waals surface area contributed by atoms with Gasteiger partial charge in [-0.3, -0.25) is 4.79 Å². The van der Waals surface area contributed by atoms with Crippen molar-refractivity contribution in [1.82, 2.24) is 25.1 Å². The van der Waals surface area contributed by atoms with Gasteiger partial charge in [0.05, 0.1) is 13.1 Å². The summed E-state index contributed by atoms with van der Waals surface area (Å²) in [6, 6.07) is 0. The molecule has 1 aromatic heterocycles. The Morgan fingerprint density at radius 2 is 2.22 bits per heavy atom. The summed E-state index contributed by atoms with van der Waals surface area (Å²) in [5, 5.41) is 19.0. The number of aromatic nitrogens is 4. The van der Waals surface area contributed by atoms with Gasteiger partial charge in [-0.1, -0.05) is 0 Å². The molecule has 0 aromatic carbocycles. The van der Waals surface area contributed by atoms with Crippen LogP contribution in [0.2, 0.25) is 0 Å². The van der Waals surface area contributed by atoms with Crippen molar-refractivity contribution in [2.24, 2.45) is 0 Å². The molecule has 0 atom stereocenters. The molecule has 18 heavy (non-hydrogen) atoms. The number of carboxylic acids is 1. The Morgan fingerprint density at radius 3 is 2.78 bits per heavy atom. The summed E-state index contributed by atoms with van der Waals surface area (Å²) in [6.45, 7) is 2.24. The normalized spacial score (nSPS) is 17.3. The van der Waals surface area contributed by atoms with Crippen molar-refractivity contribution >= 4 is 11.9 Å². The van der Waals surface area contributed by atoms with E-state index in [1.807, 2.05) is 0 Å². The van der Waals surface area contributed by atoms with Crippen LogP contribution in [-0.2, 0) is 20.9 Å². The fourth-order valence-corrected chi connectivity index (χ4v) is 1.76. The Kier molecular flexibility index (Phi) is 3.24. The van der Waals surface area contributed by atoms with Crippen LogP contribution < -0.4 is 0 Å². The molecule has 0 unspecified atom stereocenters. The zero-order valence-electron chi connectivity index (χ0n) is 9.81. The van der Waals surface area contributed by atoms with Crippen LogP contribution >= 0.6 is 0 Å². The minimum atomic E-state index is -1.02. The Hall–Kier alpha value is -2.03. The van der Waals surface area contributed by atoms with E-state index in [1.165, 1.54) is 11.0 Å². The summed E-state index contributed by atoms with van der Waals surface area (Å²) in [5.41, 5.74) is -0.575. The zero-order valence-corrected chi connectivity index (χ0v) is 9.81. The van der Waals surface area contributed by atoms with Crippen molar-refractivity contribution in [3.05, 3.63) is 6.33 Å². The number of hydrogen-bond acceptors (Lipinski definition) is 6. The molecule has 1 saturated heterocycles. The van der Waals surface area contributed by atoms with Crippen LogP contribution in [0.1, 0.15) is 6.92 Å². The highest BCUT2D eigenvalue weighted by Gasteiger charge is 2.42. The van der Waals surface area contributed by atoms with Crippen molar-refractivity contribution in [2.75, 3.05) is 19.7 Å². The molecular formula is C9H13N5O4. The number of ether oxygens (including phenoxy) is 1. The van der Waals surface area contributed by atoms with Crippen LogP contribution in [0.15, 0.2) is 6.33 Å². The molecule has 0 aliphatic carbocycles. The van der Waals surface area contributed by atoms with E-state index in [2.05, 4.69) is 15.5 Å². The van der Waals surface area contributed by atoms with Crippen molar-refractivity contribution < 1.29 is 19.4 Å². The molecule has 0 saturated carbocycles. The van der Waals surface area contributed by atoms with Crippen molar-refractivity contribution in [2.45, 2.75) is 19.1 Å². The molecular weight excluding hydrogens is 242 g/mol. The average Bonchev–Trinajstić information content (AvgIpc) is 2.75. The number of carbonyl (C=O) groups excluding carboxylic acids is 1. The van der Waals surface area contributed by atoms with Gasteiger partial charge in [0.1, 0.15) is 25.1 Å². The van der Waals surface area contributed by atoms with Gasteiger partial charge in [-0.2, -0.15) is 0 Å². The summed E-state index contributed by atoms with van der Waals surface area (Å²) in [4.78, 5) is 23.7. The minimum Gasteiger partial charge on any atom is -0.480 e. The minimum absolute atomic E-state index is 0.0714. The van der Waals surface area contributed by atoms with E-state index in [-0.39, 0.29) is 19.1 Å². The summed E-state index contributed by atoms with van der Waals surface area (Å²) in [7, 11) is 0. The first-order chi connectivity index (χ1) is 8.48. The second kappa shape index (κ2) is 4.69. The standard InChI is InChI=1S/C9H13N5O4/c1-9(18-3-8(16)17)4-13(5-9)7(15)2-14-6-10-11-12-14/h6H,2-5H2,1H3,(H,16,17). The maximum atomic E-state index is 11.8.